The van der Waals surface area contributed by atoms with Crippen molar-refractivity contribution in [2.75, 3.05) is 6.61 Å². The van der Waals surface area contributed by atoms with Crippen LogP contribution in [0.25, 0.3) is 0 Å². The highest BCUT2D eigenvalue weighted by atomic mass is 32.2. The van der Waals surface area contributed by atoms with Gasteiger partial charge in [-0.25, -0.2) is 4.79 Å². The predicted octanol–water partition coefficient (Wildman–Crippen LogP) is 2.43. The minimum absolute atomic E-state index is 0.0929. The third-order valence-electron chi connectivity index (χ3n) is 1.53. The summed E-state index contributed by atoms with van der Waals surface area (Å²) in [7, 11) is 0. The lowest BCUT2D eigenvalue weighted by molar-refractivity contribution is 0.168. The Kier molecular flexibility index (Phi) is 3.06. The highest BCUT2D eigenvalue weighted by Gasteiger charge is 2.19. The van der Waals surface area contributed by atoms with Crippen LogP contribution < -0.4 is 0 Å². The number of hydrogen-bond acceptors (Lipinski definition) is 3. The SMILES string of the molecule is CCCC1CCOC(=O)S1. The van der Waals surface area contributed by atoms with Crippen molar-refractivity contribution in [2.24, 2.45) is 0 Å². The van der Waals surface area contributed by atoms with Gasteiger partial charge in [-0.1, -0.05) is 13.3 Å². The Morgan fingerprint density at radius 2 is 2.60 bits per heavy atom. The minimum atomic E-state index is -0.0929. The Labute approximate surface area is 65.3 Å². The summed E-state index contributed by atoms with van der Waals surface area (Å²) in [5.74, 6) is 0. The maximum absolute atomic E-state index is 10.7. The molecular weight excluding hydrogens is 148 g/mol. The molecule has 0 aromatic carbocycles. The summed E-state index contributed by atoms with van der Waals surface area (Å²) in [6, 6.07) is 0. The molecule has 0 amide bonds. The molecule has 1 aliphatic heterocycles. The fraction of sp³-hybridized carbons (Fsp3) is 0.857. The fourth-order valence-electron chi connectivity index (χ4n) is 1.03. The highest BCUT2D eigenvalue weighted by Crippen LogP contribution is 2.25. The van der Waals surface area contributed by atoms with E-state index >= 15 is 0 Å². The Hall–Kier alpha value is -0.180. The molecule has 1 unspecified atom stereocenters. The minimum Gasteiger partial charge on any atom is -0.458 e. The van der Waals surface area contributed by atoms with Crippen LogP contribution in [-0.2, 0) is 4.74 Å². The van der Waals surface area contributed by atoms with Gasteiger partial charge in [0.2, 0.25) is 0 Å². The van der Waals surface area contributed by atoms with Gasteiger partial charge in [0.05, 0.1) is 6.61 Å². The van der Waals surface area contributed by atoms with E-state index in [4.69, 9.17) is 4.74 Å². The molecule has 1 aliphatic rings. The molecule has 1 rings (SSSR count). The second-order valence-electron chi connectivity index (χ2n) is 2.42. The molecule has 2 nitrogen and oxygen atoms in total. The molecule has 0 spiro atoms. The van der Waals surface area contributed by atoms with Crippen molar-refractivity contribution in [2.45, 2.75) is 31.4 Å². The molecule has 0 radical (unpaired) electrons. The van der Waals surface area contributed by atoms with Crippen molar-refractivity contribution in [3.63, 3.8) is 0 Å². The summed E-state index contributed by atoms with van der Waals surface area (Å²) in [6.45, 7) is 2.76. The molecule has 1 heterocycles. The van der Waals surface area contributed by atoms with Crippen LogP contribution in [0.4, 0.5) is 4.79 Å². The average molecular weight is 160 g/mol. The van der Waals surface area contributed by atoms with E-state index in [-0.39, 0.29) is 5.30 Å². The molecule has 10 heavy (non-hydrogen) atoms. The van der Waals surface area contributed by atoms with Crippen LogP contribution in [0.5, 0.6) is 0 Å². The standard InChI is InChI=1S/C7H12O2S/c1-2-3-6-4-5-9-7(8)10-6/h6H,2-5H2,1H3. The maximum atomic E-state index is 10.7. The number of rotatable bonds is 2. The van der Waals surface area contributed by atoms with Gasteiger partial charge >= 0.3 is 5.30 Å². The first kappa shape index (κ1) is 7.92. The van der Waals surface area contributed by atoms with E-state index in [1.54, 1.807) is 0 Å². The van der Waals surface area contributed by atoms with Gasteiger partial charge in [0.25, 0.3) is 0 Å². The first-order valence-electron chi connectivity index (χ1n) is 3.66. The topological polar surface area (TPSA) is 26.3 Å². The second-order valence-corrected chi connectivity index (χ2v) is 3.65. The van der Waals surface area contributed by atoms with E-state index in [2.05, 4.69) is 6.92 Å². The summed E-state index contributed by atoms with van der Waals surface area (Å²) in [6.07, 6.45) is 3.33. The van der Waals surface area contributed by atoms with Gasteiger partial charge in [0.1, 0.15) is 0 Å². The zero-order valence-corrected chi connectivity index (χ0v) is 6.95. The molecule has 3 heteroatoms. The van der Waals surface area contributed by atoms with Crippen LogP contribution in [0.3, 0.4) is 0 Å². The molecular formula is C7H12O2S. The van der Waals surface area contributed by atoms with Crippen molar-refractivity contribution in [1.82, 2.24) is 0 Å². The van der Waals surface area contributed by atoms with Gasteiger partial charge in [-0.05, 0) is 24.6 Å². The molecule has 58 valence electrons. The Morgan fingerprint density at radius 1 is 1.80 bits per heavy atom. The Bertz CT molecular complexity index is 123. The highest BCUT2D eigenvalue weighted by molar-refractivity contribution is 8.13. The van der Waals surface area contributed by atoms with Crippen LogP contribution in [0.2, 0.25) is 0 Å². The van der Waals surface area contributed by atoms with Crippen molar-refractivity contribution in [1.29, 1.82) is 0 Å². The first-order chi connectivity index (χ1) is 4.83. The summed E-state index contributed by atoms with van der Waals surface area (Å²) < 4.78 is 4.78. The van der Waals surface area contributed by atoms with Gasteiger partial charge in [0, 0.05) is 5.25 Å². The van der Waals surface area contributed by atoms with Crippen molar-refractivity contribution < 1.29 is 9.53 Å². The monoisotopic (exact) mass is 160 g/mol. The molecule has 0 N–H and O–H groups in total. The number of carbonyl (C=O) groups is 1. The van der Waals surface area contributed by atoms with Gasteiger partial charge in [-0.3, -0.25) is 0 Å². The fourth-order valence-corrected chi connectivity index (χ4v) is 2.02. The smallest absolute Gasteiger partial charge is 0.367 e. The summed E-state index contributed by atoms with van der Waals surface area (Å²) in [5.41, 5.74) is 0. The first-order valence-corrected chi connectivity index (χ1v) is 4.54. The van der Waals surface area contributed by atoms with Gasteiger partial charge < -0.3 is 4.74 Å². The van der Waals surface area contributed by atoms with E-state index in [0.29, 0.717) is 11.9 Å². The zero-order chi connectivity index (χ0) is 7.40. The largest absolute Gasteiger partial charge is 0.458 e. The van der Waals surface area contributed by atoms with Crippen molar-refractivity contribution >= 4 is 17.1 Å². The lowest BCUT2D eigenvalue weighted by atomic mass is 10.2. The molecule has 0 aromatic rings. The third-order valence-corrected chi connectivity index (χ3v) is 2.65. The zero-order valence-electron chi connectivity index (χ0n) is 6.13. The molecule has 1 atom stereocenters. The predicted molar refractivity (Wildman–Crippen MR) is 42.3 cm³/mol. The lowest BCUT2D eigenvalue weighted by Crippen LogP contribution is -2.17. The van der Waals surface area contributed by atoms with Crippen LogP contribution >= 0.6 is 11.8 Å². The van der Waals surface area contributed by atoms with Crippen molar-refractivity contribution in [3.8, 4) is 0 Å². The van der Waals surface area contributed by atoms with Gasteiger partial charge in [0.15, 0.2) is 0 Å². The van der Waals surface area contributed by atoms with E-state index < -0.39 is 0 Å². The summed E-state index contributed by atoms with van der Waals surface area (Å²) >= 11 is 1.35. The molecule has 0 aliphatic carbocycles. The van der Waals surface area contributed by atoms with Crippen molar-refractivity contribution in [3.05, 3.63) is 0 Å². The maximum Gasteiger partial charge on any atom is 0.367 e. The average Bonchev–Trinajstić information content (AvgIpc) is 1.88. The van der Waals surface area contributed by atoms with Crippen LogP contribution in [-0.4, -0.2) is 17.2 Å². The molecule has 0 saturated carbocycles. The molecule has 1 saturated heterocycles. The Morgan fingerprint density at radius 3 is 3.20 bits per heavy atom. The number of cyclic esters (lactones) is 1. The van der Waals surface area contributed by atoms with Gasteiger partial charge in [-0.2, -0.15) is 0 Å². The van der Waals surface area contributed by atoms with Gasteiger partial charge in [-0.15, -0.1) is 0 Å². The molecule has 0 aromatic heterocycles. The molecule has 1 fully saturated rings. The normalized spacial score (nSPS) is 26.1. The van der Waals surface area contributed by atoms with E-state index in [1.165, 1.54) is 11.8 Å². The van der Waals surface area contributed by atoms with Crippen LogP contribution in [0, 0.1) is 0 Å². The number of ether oxygens (including phenoxy) is 1. The van der Waals surface area contributed by atoms with E-state index in [0.717, 1.165) is 19.3 Å². The number of carbonyl (C=O) groups excluding carboxylic acids is 1. The van der Waals surface area contributed by atoms with E-state index in [9.17, 15) is 4.79 Å². The lowest BCUT2D eigenvalue weighted by Gasteiger charge is -2.19. The Balaban J connectivity index is 2.25. The second kappa shape index (κ2) is 3.86. The quantitative estimate of drug-likeness (QED) is 0.580. The summed E-state index contributed by atoms with van der Waals surface area (Å²) in [5, 5.41) is 0.427. The number of thioether (sulfide) groups is 1. The third kappa shape index (κ3) is 2.21. The summed E-state index contributed by atoms with van der Waals surface area (Å²) in [4.78, 5) is 10.7. The van der Waals surface area contributed by atoms with Crippen LogP contribution in [0.15, 0.2) is 0 Å². The number of hydrogen-bond donors (Lipinski definition) is 0. The van der Waals surface area contributed by atoms with Crippen LogP contribution in [0.1, 0.15) is 26.2 Å². The molecule has 0 bridgehead atoms. The van der Waals surface area contributed by atoms with E-state index in [1.807, 2.05) is 0 Å².